The summed E-state index contributed by atoms with van der Waals surface area (Å²) in [5, 5.41) is 3.22. The van der Waals surface area contributed by atoms with Gasteiger partial charge in [-0.3, -0.25) is 4.79 Å². The molecule has 0 aromatic rings. The third-order valence-electron chi connectivity index (χ3n) is 2.03. The Kier molecular flexibility index (Phi) is 3.30. The van der Waals surface area contributed by atoms with Crippen molar-refractivity contribution in [2.75, 3.05) is 13.1 Å². The molecule has 1 aliphatic rings. The second-order valence-electron chi connectivity index (χ2n) is 2.95. The maximum atomic E-state index is 11.3. The molecule has 0 bridgehead atoms. The zero-order chi connectivity index (χ0) is 8.10. The minimum absolute atomic E-state index is 0.236. The Morgan fingerprint density at radius 2 is 2.45 bits per heavy atom. The van der Waals surface area contributed by atoms with Gasteiger partial charge in [0.1, 0.15) is 0 Å². The van der Waals surface area contributed by atoms with E-state index in [-0.39, 0.29) is 11.7 Å². The molecule has 0 unspecified atom stereocenters. The summed E-state index contributed by atoms with van der Waals surface area (Å²) in [6.07, 6.45) is 5.68. The summed E-state index contributed by atoms with van der Waals surface area (Å²) < 4.78 is 0. The van der Waals surface area contributed by atoms with Gasteiger partial charge in [-0.2, -0.15) is 0 Å². The molecule has 11 heavy (non-hydrogen) atoms. The lowest BCUT2D eigenvalue weighted by Crippen LogP contribution is -2.33. The summed E-state index contributed by atoms with van der Waals surface area (Å²) in [4.78, 5) is 11.3. The molecule has 2 heteroatoms. The van der Waals surface area contributed by atoms with Crippen LogP contribution in [-0.2, 0) is 4.79 Å². The molecule has 62 valence electrons. The van der Waals surface area contributed by atoms with Crippen LogP contribution in [-0.4, -0.2) is 18.9 Å². The highest BCUT2D eigenvalue weighted by Crippen LogP contribution is 2.11. The number of allylic oxidation sites excluding steroid dienone is 2. The zero-order valence-electron chi connectivity index (χ0n) is 6.97. The van der Waals surface area contributed by atoms with Crippen molar-refractivity contribution in [1.82, 2.24) is 5.32 Å². The Balaban J connectivity index is 2.38. The molecule has 0 aromatic heterocycles. The van der Waals surface area contributed by atoms with E-state index in [0.717, 1.165) is 25.9 Å². The van der Waals surface area contributed by atoms with Crippen molar-refractivity contribution in [2.45, 2.75) is 19.8 Å². The summed E-state index contributed by atoms with van der Waals surface area (Å²) in [6.45, 7) is 3.82. The van der Waals surface area contributed by atoms with Gasteiger partial charge in [0.25, 0.3) is 0 Å². The SMILES string of the molecule is C/C=C/C(=O)[C@H]1CCCNC1. The molecule has 1 fully saturated rings. The van der Waals surface area contributed by atoms with Gasteiger partial charge < -0.3 is 5.32 Å². The van der Waals surface area contributed by atoms with E-state index in [9.17, 15) is 4.79 Å². The predicted molar refractivity (Wildman–Crippen MR) is 45.4 cm³/mol. The summed E-state index contributed by atoms with van der Waals surface area (Å²) in [5.74, 6) is 0.514. The second kappa shape index (κ2) is 4.29. The number of carbonyl (C=O) groups excluding carboxylic acids is 1. The normalized spacial score (nSPS) is 25.7. The van der Waals surface area contributed by atoms with Crippen LogP contribution in [0.1, 0.15) is 19.8 Å². The maximum Gasteiger partial charge on any atom is 0.159 e. The van der Waals surface area contributed by atoms with Gasteiger partial charge in [-0.05, 0) is 32.4 Å². The van der Waals surface area contributed by atoms with Gasteiger partial charge in [-0.1, -0.05) is 6.08 Å². The fraction of sp³-hybridized carbons (Fsp3) is 0.667. The molecule has 0 aromatic carbocycles. The van der Waals surface area contributed by atoms with Gasteiger partial charge in [0.05, 0.1) is 0 Å². The smallest absolute Gasteiger partial charge is 0.159 e. The van der Waals surface area contributed by atoms with Crippen molar-refractivity contribution in [3.8, 4) is 0 Å². The average molecular weight is 153 g/mol. The Morgan fingerprint density at radius 3 is 3.00 bits per heavy atom. The van der Waals surface area contributed by atoms with Crippen molar-refractivity contribution >= 4 is 5.78 Å². The van der Waals surface area contributed by atoms with Crippen molar-refractivity contribution in [3.63, 3.8) is 0 Å². The fourth-order valence-corrected chi connectivity index (χ4v) is 1.40. The lowest BCUT2D eigenvalue weighted by Gasteiger charge is -2.19. The molecular formula is C9H15NO. The highest BCUT2D eigenvalue weighted by molar-refractivity contribution is 5.91. The standard InChI is InChI=1S/C9H15NO/c1-2-4-9(11)8-5-3-6-10-7-8/h2,4,8,10H,3,5-7H2,1H3/b4-2+/t8-/m0/s1. The van der Waals surface area contributed by atoms with Crippen LogP contribution in [0.5, 0.6) is 0 Å². The van der Waals surface area contributed by atoms with E-state index in [1.807, 2.05) is 13.0 Å². The number of hydrogen-bond acceptors (Lipinski definition) is 2. The lowest BCUT2D eigenvalue weighted by molar-refractivity contribution is -0.118. The van der Waals surface area contributed by atoms with Crippen LogP contribution in [0.25, 0.3) is 0 Å². The number of nitrogens with one attached hydrogen (secondary N) is 1. The van der Waals surface area contributed by atoms with Crippen molar-refractivity contribution in [1.29, 1.82) is 0 Å². The molecule has 0 saturated carbocycles. The van der Waals surface area contributed by atoms with E-state index in [1.165, 1.54) is 0 Å². The highest BCUT2D eigenvalue weighted by Gasteiger charge is 2.17. The zero-order valence-corrected chi connectivity index (χ0v) is 6.97. The average Bonchev–Trinajstić information content (AvgIpc) is 2.07. The minimum atomic E-state index is 0.236. The lowest BCUT2D eigenvalue weighted by atomic mass is 9.95. The van der Waals surface area contributed by atoms with Gasteiger partial charge in [0, 0.05) is 12.5 Å². The van der Waals surface area contributed by atoms with E-state index in [2.05, 4.69) is 5.32 Å². The van der Waals surface area contributed by atoms with Gasteiger partial charge >= 0.3 is 0 Å². The maximum absolute atomic E-state index is 11.3. The van der Waals surface area contributed by atoms with Crippen LogP contribution in [0.4, 0.5) is 0 Å². The monoisotopic (exact) mass is 153 g/mol. The summed E-state index contributed by atoms with van der Waals surface area (Å²) in [5.41, 5.74) is 0. The van der Waals surface area contributed by atoms with Crippen LogP contribution in [0.3, 0.4) is 0 Å². The van der Waals surface area contributed by atoms with E-state index >= 15 is 0 Å². The van der Waals surface area contributed by atoms with Crippen LogP contribution in [0.2, 0.25) is 0 Å². The van der Waals surface area contributed by atoms with Gasteiger partial charge in [0.2, 0.25) is 0 Å². The Morgan fingerprint density at radius 1 is 1.64 bits per heavy atom. The van der Waals surface area contributed by atoms with E-state index < -0.39 is 0 Å². The third kappa shape index (κ3) is 2.46. The van der Waals surface area contributed by atoms with E-state index in [4.69, 9.17) is 0 Å². The summed E-state index contributed by atoms with van der Waals surface area (Å²) >= 11 is 0. The first-order chi connectivity index (χ1) is 5.34. The molecule has 1 atom stereocenters. The molecule has 2 nitrogen and oxygen atoms in total. The number of hydrogen-bond donors (Lipinski definition) is 1. The first-order valence-electron chi connectivity index (χ1n) is 4.22. The molecule has 1 aliphatic heterocycles. The molecule has 1 heterocycles. The van der Waals surface area contributed by atoms with Gasteiger partial charge in [-0.25, -0.2) is 0 Å². The van der Waals surface area contributed by atoms with Crippen LogP contribution in [0.15, 0.2) is 12.2 Å². The highest BCUT2D eigenvalue weighted by atomic mass is 16.1. The van der Waals surface area contributed by atoms with Gasteiger partial charge in [0.15, 0.2) is 5.78 Å². The number of carbonyl (C=O) groups is 1. The topological polar surface area (TPSA) is 29.1 Å². The summed E-state index contributed by atoms with van der Waals surface area (Å²) in [6, 6.07) is 0. The molecule has 0 aliphatic carbocycles. The molecule has 1 rings (SSSR count). The second-order valence-corrected chi connectivity index (χ2v) is 2.95. The molecule has 0 radical (unpaired) electrons. The summed E-state index contributed by atoms with van der Waals surface area (Å²) in [7, 11) is 0. The Bertz CT molecular complexity index is 157. The van der Waals surface area contributed by atoms with Crippen molar-refractivity contribution in [3.05, 3.63) is 12.2 Å². The Labute approximate surface area is 67.7 Å². The van der Waals surface area contributed by atoms with Crippen LogP contribution >= 0.6 is 0 Å². The number of piperidine rings is 1. The number of ketones is 1. The van der Waals surface area contributed by atoms with Crippen LogP contribution < -0.4 is 5.32 Å². The van der Waals surface area contributed by atoms with E-state index in [0.29, 0.717) is 0 Å². The quantitative estimate of drug-likeness (QED) is 0.602. The molecule has 1 saturated heterocycles. The van der Waals surface area contributed by atoms with Crippen molar-refractivity contribution in [2.24, 2.45) is 5.92 Å². The third-order valence-corrected chi connectivity index (χ3v) is 2.03. The molecule has 0 spiro atoms. The van der Waals surface area contributed by atoms with Gasteiger partial charge in [-0.15, -0.1) is 0 Å². The first-order valence-corrected chi connectivity index (χ1v) is 4.22. The molecule has 1 N–H and O–H groups in total. The molecular weight excluding hydrogens is 138 g/mol. The largest absolute Gasteiger partial charge is 0.316 e. The van der Waals surface area contributed by atoms with Crippen LogP contribution in [0, 0.1) is 5.92 Å². The fourth-order valence-electron chi connectivity index (χ4n) is 1.40. The van der Waals surface area contributed by atoms with E-state index in [1.54, 1.807) is 6.08 Å². The van der Waals surface area contributed by atoms with Crippen molar-refractivity contribution < 1.29 is 4.79 Å². The minimum Gasteiger partial charge on any atom is -0.316 e. The predicted octanol–water partition coefficient (Wildman–Crippen LogP) is 1.13. The molecule has 0 amide bonds. The Hall–Kier alpha value is -0.630. The number of rotatable bonds is 2. The first kappa shape index (κ1) is 8.47.